The Morgan fingerprint density at radius 2 is 1.71 bits per heavy atom. The molecule has 2 nitrogen and oxygen atoms in total. The molecule has 0 radical (unpaired) electrons. The van der Waals surface area contributed by atoms with E-state index in [4.69, 9.17) is 5.73 Å². The van der Waals surface area contributed by atoms with Crippen molar-refractivity contribution in [3.63, 3.8) is 0 Å². The first-order valence-electron chi connectivity index (χ1n) is 7.54. The highest BCUT2D eigenvalue weighted by Crippen LogP contribution is 2.12. The number of rotatable bonds is 11. The van der Waals surface area contributed by atoms with Crippen LogP contribution in [0.2, 0.25) is 0 Å². The van der Waals surface area contributed by atoms with Gasteiger partial charge < -0.3 is 11.1 Å². The van der Waals surface area contributed by atoms with Crippen molar-refractivity contribution in [2.24, 2.45) is 23.5 Å². The molecule has 0 spiro atoms. The van der Waals surface area contributed by atoms with Gasteiger partial charge in [-0.05, 0) is 50.2 Å². The van der Waals surface area contributed by atoms with Crippen LogP contribution in [-0.4, -0.2) is 19.6 Å². The monoisotopic (exact) mass is 242 g/mol. The molecular formula is C15H34N2. The summed E-state index contributed by atoms with van der Waals surface area (Å²) in [5.74, 6) is 2.26. The quantitative estimate of drug-likeness (QED) is 0.582. The summed E-state index contributed by atoms with van der Waals surface area (Å²) in [6.45, 7) is 12.2. The third-order valence-electron chi connectivity index (χ3n) is 3.55. The maximum absolute atomic E-state index is 5.81. The van der Waals surface area contributed by atoms with Crippen molar-refractivity contribution in [1.29, 1.82) is 0 Å². The molecule has 0 fully saturated rings. The summed E-state index contributed by atoms with van der Waals surface area (Å²) < 4.78 is 0. The van der Waals surface area contributed by atoms with Gasteiger partial charge in [0.1, 0.15) is 0 Å². The smallest absolute Gasteiger partial charge is 0.000824 e. The number of hydrogen-bond acceptors (Lipinski definition) is 2. The van der Waals surface area contributed by atoms with Gasteiger partial charge in [0, 0.05) is 0 Å². The van der Waals surface area contributed by atoms with E-state index < -0.39 is 0 Å². The standard InChI is InChI=1S/C15H34N2/c1-5-7-8-14(6-2)11-17-12-15(10-16)9-13(3)4/h13-15,17H,5-12,16H2,1-4H3. The minimum Gasteiger partial charge on any atom is -0.330 e. The Morgan fingerprint density at radius 3 is 2.18 bits per heavy atom. The van der Waals surface area contributed by atoms with Gasteiger partial charge in [0.15, 0.2) is 0 Å². The number of unbranched alkanes of at least 4 members (excludes halogenated alkanes) is 1. The van der Waals surface area contributed by atoms with Gasteiger partial charge in [-0.15, -0.1) is 0 Å². The van der Waals surface area contributed by atoms with E-state index in [2.05, 4.69) is 33.0 Å². The molecule has 0 aromatic carbocycles. The van der Waals surface area contributed by atoms with Crippen LogP contribution in [0.3, 0.4) is 0 Å². The Kier molecular flexibility index (Phi) is 11.0. The van der Waals surface area contributed by atoms with E-state index in [1.54, 1.807) is 0 Å². The minimum absolute atomic E-state index is 0.652. The number of hydrogen-bond donors (Lipinski definition) is 2. The first kappa shape index (κ1) is 16.9. The summed E-state index contributed by atoms with van der Waals surface area (Å²) in [7, 11) is 0. The van der Waals surface area contributed by atoms with Gasteiger partial charge in [0.2, 0.25) is 0 Å². The van der Waals surface area contributed by atoms with E-state index in [0.717, 1.165) is 24.9 Å². The topological polar surface area (TPSA) is 38.0 Å². The van der Waals surface area contributed by atoms with E-state index in [0.29, 0.717) is 5.92 Å². The molecule has 0 aromatic rings. The van der Waals surface area contributed by atoms with E-state index in [9.17, 15) is 0 Å². The predicted octanol–water partition coefficient (Wildman–Crippen LogP) is 3.41. The van der Waals surface area contributed by atoms with Crippen molar-refractivity contribution >= 4 is 0 Å². The second kappa shape index (κ2) is 11.0. The Morgan fingerprint density at radius 1 is 1.06 bits per heavy atom. The van der Waals surface area contributed by atoms with Gasteiger partial charge in [0.05, 0.1) is 0 Å². The van der Waals surface area contributed by atoms with Crippen LogP contribution in [0.1, 0.15) is 59.8 Å². The Hall–Kier alpha value is -0.0800. The molecule has 2 heteroatoms. The highest BCUT2D eigenvalue weighted by atomic mass is 14.9. The lowest BCUT2D eigenvalue weighted by atomic mass is 9.96. The van der Waals surface area contributed by atoms with Gasteiger partial charge in [-0.25, -0.2) is 0 Å². The largest absolute Gasteiger partial charge is 0.330 e. The third kappa shape index (κ3) is 9.61. The molecule has 2 atom stereocenters. The van der Waals surface area contributed by atoms with Crippen LogP contribution in [0.15, 0.2) is 0 Å². The van der Waals surface area contributed by atoms with Crippen LogP contribution in [-0.2, 0) is 0 Å². The third-order valence-corrected chi connectivity index (χ3v) is 3.55. The fourth-order valence-corrected chi connectivity index (χ4v) is 2.36. The van der Waals surface area contributed by atoms with Crippen LogP contribution in [0.4, 0.5) is 0 Å². The van der Waals surface area contributed by atoms with Crippen molar-refractivity contribution in [3.8, 4) is 0 Å². The normalized spacial score (nSPS) is 15.2. The minimum atomic E-state index is 0.652. The fourth-order valence-electron chi connectivity index (χ4n) is 2.36. The molecule has 0 aliphatic heterocycles. The Labute approximate surface area is 109 Å². The zero-order valence-electron chi connectivity index (χ0n) is 12.5. The Balaban J connectivity index is 3.69. The van der Waals surface area contributed by atoms with Crippen LogP contribution < -0.4 is 11.1 Å². The van der Waals surface area contributed by atoms with Crippen molar-refractivity contribution in [1.82, 2.24) is 5.32 Å². The molecule has 17 heavy (non-hydrogen) atoms. The molecule has 0 heterocycles. The average Bonchev–Trinajstić information content (AvgIpc) is 2.31. The van der Waals surface area contributed by atoms with Crippen LogP contribution >= 0.6 is 0 Å². The van der Waals surface area contributed by atoms with Gasteiger partial charge in [-0.2, -0.15) is 0 Å². The summed E-state index contributed by atoms with van der Waals surface area (Å²) in [4.78, 5) is 0. The first-order valence-corrected chi connectivity index (χ1v) is 7.54. The fraction of sp³-hybridized carbons (Fsp3) is 1.00. The maximum Gasteiger partial charge on any atom is -0.000824 e. The second-order valence-electron chi connectivity index (χ2n) is 5.81. The van der Waals surface area contributed by atoms with Crippen molar-refractivity contribution in [2.45, 2.75) is 59.8 Å². The molecule has 0 bridgehead atoms. The summed E-state index contributed by atoms with van der Waals surface area (Å²) in [6, 6.07) is 0. The SMILES string of the molecule is CCCCC(CC)CNCC(CN)CC(C)C. The lowest BCUT2D eigenvalue weighted by Gasteiger charge is -2.20. The molecule has 0 aliphatic rings. The Bertz CT molecular complexity index is 157. The maximum atomic E-state index is 5.81. The summed E-state index contributed by atoms with van der Waals surface area (Å²) in [5.41, 5.74) is 5.81. The molecule has 0 aromatic heterocycles. The molecule has 0 saturated carbocycles. The molecule has 0 rings (SSSR count). The van der Waals surface area contributed by atoms with Crippen molar-refractivity contribution in [2.75, 3.05) is 19.6 Å². The van der Waals surface area contributed by atoms with Gasteiger partial charge in [-0.1, -0.05) is 47.0 Å². The highest BCUT2D eigenvalue weighted by Gasteiger charge is 2.10. The van der Waals surface area contributed by atoms with Gasteiger partial charge in [-0.3, -0.25) is 0 Å². The average molecular weight is 242 g/mol. The van der Waals surface area contributed by atoms with Crippen LogP contribution in [0, 0.1) is 17.8 Å². The van der Waals surface area contributed by atoms with E-state index >= 15 is 0 Å². The number of nitrogens with one attached hydrogen (secondary N) is 1. The molecule has 3 N–H and O–H groups in total. The summed E-state index contributed by atoms with van der Waals surface area (Å²) in [5, 5.41) is 3.62. The molecule has 0 aliphatic carbocycles. The zero-order valence-corrected chi connectivity index (χ0v) is 12.5. The lowest BCUT2D eigenvalue weighted by molar-refractivity contribution is 0.361. The van der Waals surface area contributed by atoms with E-state index in [1.807, 2.05) is 0 Å². The molecular weight excluding hydrogens is 208 g/mol. The first-order chi connectivity index (χ1) is 8.13. The zero-order chi connectivity index (χ0) is 13.1. The summed E-state index contributed by atoms with van der Waals surface area (Å²) in [6.07, 6.45) is 6.60. The lowest BCUT2D eigenvalue weighted by Crippen LogP contribution is -2.32. The van der Waals surface area contributed by atoms with Gasteiger partial charge >= 0.3 is 0 Å². The molecule has 104 valence electrons. The highest BCUT2D eigenvalue weighted by molar-refractivity contribution is 4.67. The predicted molar refractivity (Wildman–Crippen MR) is 78.2 cm³/mol. The van der Waals surface area contributed by atoms with E-state index in [1.165, 1.54) is 38.6 Å². The second-order valence-corrected chi connectivity index (χ2v) is 5.81. The van der Waals surface area contributed by atoms with Crippen LogP contribution in [0.25, 0.3) is 0 Å². The van der Waals surface area contributed by atoms with Gasteiger partial charge in [0.25, 0.3) is 0 Å². The molecule has 0 amide bonds. The molecule has 2 unspecified atom stereocenters. The van der Waals surface area contributed by atoms with Crippen LogP contribution in [0.5, 0.6) is 0 Å². The van der Waals surface area contributed by atoms with Crippen molar-refractivity contribution < 1.29 is 0 Å². The van der Waals surface area contributed by atoms with Crippen molar-refractivity contribution in [3.05, 3.63) is 0 Å². The summed E-state index contributed by atoms with van der Waals surface area (Å²) >= 11 is 0. The molecule has 0 saturated heterocycles. The van der Waals surface area contributed by atoms with E-state index in [-0.39, 0.29) is 0 Å². The number of nitrogens with two attached hydrogens (primary N) is 1.